The molecule has 0 saturated carbocycles. The first-order valence-electron chi connectivity index (χ1n) is 5.29. The molecule has 18 heavy (non-hydrogen) atoms. The molecule has 1 aliphatic rings. The molecule has 0 radical (unpaired) electrons. The second-order valence-electron chi connectivity index (χ2n) is 3.56. The Labute approximate surface area is 103 Å². The predicted octanol–water partition coefficient (Wildman–Crippen LogP) is 2.63. The lowest BCUT2D eigenvalue weighted by molar-refractivity contribution is -0.125. The molecule has 0 unspecified atom stereocenters. The molecule has 0 N–H and O–H groups in total. The van der Waals surface area contributed by atoms with E-state index in [9.17, 15) is 14.0 Å². The number of ether oxygens (including phenoxy) is 1. The molecule has 0 aromatic heterocycles. The number of imide groups is 1. The lowest BCUT2D eigenvalue weighted by Gasteiger charge is -2.14. The van der Waals surface area contributed by atoms with Gasteiger partial charge in [0.15, 0.2) is 0 Å². The van der Waals surface area contributed by atoms with Gasteiger partial charge >= 0.3 is 6.09 Å². The Morgan fingerprint density at radius 2 is 1.94 bits per heavy atom. The van der Waals surface area contributed by atoms with Crippen LogP contribution in [0.5, 0.6) is 5.75 Å². The molecule has 0 atom stereocenters. The van der Waals surface area contributed by atoms with E-state index in [1.165, 1.54) is 30.5 Å². The Bertz CT molecular complexity index is 520. The average molecular weight is 247 g/mol. The van der Waals surface area contributed by atoms with E-state index in [-0.39, 0.29) is 18.1 Å². The van der Waals surface area contributed by atoms with Gasteiger partial charge in [-0.3, -0.25) is 4.79 Å². The number of benzene rings is 1. The van der Waals surface area contributed by atoms with Crippen LogP contribution >= 0.6 is 0 Å². The summed E-state index contributed by atoms with van der Waals surface area (Å²) in [6.45, 7) is 0. The topological polar surface area (TPSA) is 46.6 Å². The van der Waals surface area contributed by atoms with Gasteiger partial charge in [0.2, 0.25) is 5.91 Å². The number of carbonyl (C=O) groups is 2. The van der Waals surface area contributed by atoms with E-state index in [1.807, 2.05) is 0 Å². The third kappa shape index (κ3) is 2.82. The molecule has 2 rings (SSSR count). The van der Waals surface area contributed by atoms with E-state index >= 15 is 0 Å². The summed E-state index contributed by atoms with van der Waals surface area (Å²) in [5, 5.41) is 0. The van der Waals surface area contributed by atoms with Gasteiger partial charge in [-0.1, -0.05) is 12.2 Å². The van der Waals surface area contributed by atoms with E-state index < -0.39 is 11.9 Å². The van der Waals surface area contributed by atoms with Gasteiger partial charge in [0.05, 0.1) is 0 Å². The monoisotopic (exact) mass is 247 g/mol. The first kappa shape index (κ1) is 12.0. The normalized spacial score (nSPS) is 14.5. The molecule has 2 amide bonds. The molecule has 4 nitrogen and oxygen atoms in total. The molecule has 5 heteroatoms. The van der Waals surface area contributed by atoms with Crippen LogP contribution in [0.2, 0.25) is 0 Å². The first-order chi connectivity index (χ1) is 8.66. The van der Waals surface area contributed by atoms with Crippen LogP contribution in [0.4, 0.5) is 9.18 Å². The highest BCUT2D eigenvalue weighted by atomic mass is 19.1. The van der Waals surface area contributed by atoms with Gasteiger partial charge in [0.1, 0.15) is 11.6 Å². The third-order valence-corrected chi connectivity index (χ3v) is 2.26. The fraction of sp³-hybridized carbons (Fsp3) is 0.0769. The maximum Gasteiger partial charge on any atom is 0.426 e. The van der Waals surface area contributed by atoms with Crippen LogP contribution in [-0.4, -0.2) is 16.9 Å². The molecule has 0 saturated heterocycles. The van der Waals surface area contributed by atoms with Crippen molar-refractivity contribution >= 4 is 12.0 Å². The Morgan fingerprint density at radius 1 is 1.22 bits per heavy atom. The SMILES string of the molecule is O=C1CC=CC=CN1C(=O)Oc1ccc(F)cc1. The van der Waals surface area contributed by atoms with Crippen molar-refractivity contribution in [1.29, 1.82) is 0 Å². The number of allylic oxidation sites excluding steroid dienone is 2. The minimum Gasteiger partial charge on any atom is -0.410 e. The summed E-state index contributed by atoms with van der Waals surface area (Å²) in [5.41, 5.74) is 0. The third-order valence-electron chi connectivity index (χ3n) is 2.26. The lowest BCUT2D eigenvalue weighted by Crippen LogP contribution is -2.33. The molecule has 92 valence electrons. The number of hydrogen-bond donors (Lipinski definition) is 0. The zero-order valence-corrected chi connectivity index (χ0v) is 9.38. The summed E-state index contributed by atoms with van der Waals surface area (Å²) in [5.74, 6) is -0.628. The standard InChI is InChI=1S/C13H10FNO3/c14-10-5-7-11(8-6-10)18-13(17)15-9-3-1-2-4-12(15)16/h1-3,5-9H,4H2. The molecule has 0 bridgehead atoms. The van der Waals surface area contributed by atoms with Gasteiger partial charge in [-0.05, 0) is 30.3 Å². The summed E-state index contributed by atoms with van der Waals surface area (Å²) in [4.78, 5) is 24.2. The van der Waals surface area contributed by atoms with Crippen LogP contribution in [0.3, 0.4) is 0 Å². The van der Waals surface area contributed by atoms with Crippen molar-refractivity contribution < 1.29 is 18.7 Å². The fourth-order valence-electron chi connectivity index (χ4n) is 1.38. The predicted molar refractivity (Wildman–Crippen MR) is 62.2 cm³/mol. The minimum atomic E-state index is -0.813. The molecule has 0 fully saturated rings. The molecule has 1 aliphatic heterocycles. The number of amides is 2. The molecule has 1 heterocycles. The van der Waals surface area contributed by atoms with Gasteiger partial charge in [-0.2, -0.15) is 0 Å². The van der Waals surface area contributed by atoms with Crippen LogP contribution in [0.25, 0.3) is 0 Å². The second-order valence-corrected chi connectivity index (χ2v) is 3.56. The number of rotatable bonds is 1. The van der Waals surface area contributed by atoms with Gasteiger partial charge in [-0.25, -0.2) is 14.1 Å². The maximum absolute atomic E-state index is 12.7. The summed E-state index contributed by atoms with van der Waals surface area (Å²) in [6, 6.07) is 4.98. The van der Waals surface area contributed by atoms with Crippen LogP contribution in [-0.2, 0) is 4.79 Å². The van der Waals surface area contributed by atoms with Crippen molar-refractivity contribution in [2.24, 2.45) is 0 Å². The lowest BCUT2D eigenvalue weighted by atomic mass is 10.3. The van der Waals surface area contributed by atoms with Crippen molar-refractivity contribution in [3.8, 4) is 5.75 Å². The number of halogens is 1. The maximum atomic E-state index is 12.7. The van der Waals surface area contributed by atoms with Crippen LogP contribution < -0.4 is 4.74 Å². The molecule has 0 aliphatic carbocycles. The van der Waals surface area contributed by atoms with Crippen molar-refractivity contribution in [3.63, 3.8) is 0 Å². The highest BCUT2D eigenvalue weighted by molar-refractivity contribution is 5.95. The first-order valence-corrected chi connectivity index (χ1v) is 5.29. The average Bonchev–Trinajstić information content (AvgIpc) is 2.57. The van der Waals surface area contributed by atoms with Crippen LogP contribution in [0.1, 0.15) is 6.42 Å². The van der Waals surface area contributed by atoms with E-state index in [2.05, 4.69) is 0 Å². The zero-order valence-electron chi connectivity index (χ0n) is 9.38. The largest absolute Gasteiger partial charge is 0.426 e. The molecule has 1 aromatic rings. The Morgan fingerprint density at radius 3 is 2.67 bits per heavy atom. The summed E-state index contributed by atoms with van der Waals surface area (Å²) >= 11 is 0. The van der Waals surface area contributed by atoms with Gasteiger partial charge < -0.3 is 4.74 Å². The Kier molecular flexibility index (Phi) is 3.52. The highest BCUT2D eigenvalue weighted by Crippen LogP contribution is 2.13. The van der Waals surface area contributed by atoms with Gasteiger partial charge in [-0.15, -0.1) is 0 Å². The van der Waals surface area contributed by atoms with Crippen molar-refractivity contribution in [2.75, 3.05) is 0 Å². The second kappa shape index (κ2) is 5.27. The molecular weight excluding hydrogens is 237 g/mol. The molecule has 1 aromatic carbocycles. The summed E-state index contributed by atoms with van der Waals surface area (Å²) in [6.07, 6.45) is 5.53. The van der Waals surface area contributed by atoms with Crippen molar-refractivity contribution in [1.82, 2.24) is 4.90 Å². The van der Waals surface area contributed by atoms with Crippen LogP contribution in [0.15, 0.2) is 48.7 Å². The number of nitrogens with zero attached hydrogens (tertiary/aromatic N) is 1. The summed E-state index contributed by atoms with van der Waals surface area (Å²) in [7, 11) is 0. The van der Waals surface area contributed by atoms with Crippen molar-refractivity contribution in [2.45, 2.75) is 6.42 Å². The van der Waals surface area contributed by atoms with Crippen molar-refractivity contribution in [3.05, 3.63) is 54.5 Å². The molecular formula is C13H10FNO3. The van der Waals surface area contributed by atoms with E-state index in [1.54, 1.807) is 18.2 Å². The van der Waals surface area contributed by atoms with E-state index in [4.69, 9.17) is 4.74 Å². The Hall–Kier alpha value is -2.43. The van der Waals surface area contributed by atoms with Gasteiger partial charge in [0.25, 0.3) is 0 Å². The number of hydrogen-bond acceptors (Lipinski definition) is 3. The number of carbonyl (C=O) groups excluding carboxylic acids is 2. The quantitative estimate of drug-likeness (QED) is 0.766. The van der Waals surface area contributed by atoms with E-state index in [0.717, 1.165) is 4.90 Å². The zero-order chi connectivity index (χ0) is 13.0. The molecule has 0 spiro atoms. The highest BCUT2D eigenvalue weighted by Gasteiger charge is 2.20. The van der Waals surface area contributed by atoms with Crippen LogP contribution in [0, 0.1) is 5.82 Å². The fourth-order valence-corrected chi connectivity index (χ4v) is 1.38. The van der Waals surface area contributed by atoms with E-state index in [0.29, 0.717) is 0 Å². The Balaban J connectivity index is 2.07. The minimum absolute atomic E-state index is 0.130. The summed E-state index contributed by atoms with van der Waals surface area (Å²) < 4.78 is 17.6. The van der Waals surface area contributed by atoms with Gasteiger partial charge in [0, 0.05) is 12.6 Å². The smallest absolute Gasteiger partial charge is 0.410 e.